The minimum Gasteiger partial charge on any atom is -0.480 e. The summed E-state index contributed by atoms with van der Waals surface area (Å²) in [7, 11) is 1.51. The van der Waals surface area contributed by atoms with Gasteiger partial charge >= 0.3 is 0 Å². The number of pyridine rings is 2. The zero-order valence-corrected chi connectivity index (χ0v) is 11.8. The molecule has 0 unspecified atom stereocenters. The van der Waals surface area contributed by atoms with Crippen molar-refractivity contribution >= 4 is 11.0 Å². The van der Waals surface area contributed by atoms with Crippen molar-refractivity contribution in [3.63, 3.8) is 0 Å². The van der Waals surface area contributed by atoms with E-state index in [0.29, 0.717) is 17.1 Å². The maximum atomic E-state index is 9.53. The highest BCUT2D eigenvalue weighted by Gasteiger charge is 2.17. The Morgan fingerprint density at radius 2 is 1.95 bits per heavy atom. The van der Waals surface area contributed by atoms with Gasteiger partial charge in [0.1, 0.15) is 11.6 Å². The number of benzene rings is 1. The lowest BCUT2D eigenvalue weighted by atomic mass is 9.97. The van der Waals surface area contributed by atoms with E-state index in [1.54, 1.807) is 6.20 Å². The molecule has 2 heterocycles. The fourth-order valence-corrected chi connectivity index (χ4v) is 2.38. The molecule has 3 rings (SSSR count). The molecule has 102 valence electrons. The lowest BCUT2D eigenvalue weighted by Crippen LogP contribution is -1.98. The van der Waals surface area contributed by atoms with Gasteiger partial charge < -0.3 is 4.74 Å². The van der Waals surface area contributed by atoms with Crippen LogP contribution in [-0.2, 0) is 0 Å². The van der Waals surface area contributed by atoms with Crippen LogP contribution in [0.5, 0.6) is 5.88 Å². The van der Waals surface area contributed by atoms with Crippen molar-refractivity contribution in [2.24, 2.45) is 0 Å². The molecule has 0 aliphatic carbocycles. The standard InChI is InChI=1S/C17H13N3O/c1-11-8-13-15(12-6-4-3-5-7-12)14(9-18)17(21-2)20-16(13)19-10-11/h3-8,10H,1-2H3. The molecule has 0 saturated heterocycles. The lowest BCUT2D eigenvalue weighted by Gasteiger charge is -2.12. The Bertz CT molecular complexity index is 851. The molecule has 3 aromatic rings. The van der Waals surface area contributed by atoms with E-state index < -0.39 is 0 Å². The van der Waals surface area contributed by atoms with Crippen LogP contribution in [0.2, 0.25) is 0 Å². The molecule has 2 aromatic heterocycles. The van der Waals surface area contributed by atoms with Crippen molar-refractivity contribution in [1.82, 2.24) is 9.97 Å². The highest BCUT2D eigenvalue weighted by atomic mass is 16.5. The third kappa shape index (κ3) is 2.19. The number of methoxy groups -OCH3 is 1. The third-order valence-corrected chi connectivity index (χ3v) is 3.31. The van der Waals surface area contributed by atoms with E-state index >= 15 is 0 Å². The van der Waals surface area contributed by atoms with Gasteiger partial charge in [0.2, 0.25) is 5.88 Å². The number of nitrogens with zero attached hydrogens (tertiary/aromatic N) is 3. The molecule has 0 saturated carbocycles. The Kier molecular flexibility index (Phi) is 3.25. The van der Waals surface area contributed by atoms with E-state index in [1.165, 1.54) is 7.11 Å². The van der Waals surface area contributed by atoms with Gasteiger partial charge in [-0.05, 0) is 24.1 Å². The summed E-state index contributed by atoms with van der Waals surface area (Å²) >= 11 is 0. The molecule has 0 N–H and O–H groups in total. The predicted octanol–water partition coefficient (Wildman–Crippen LogP) is 3.49. The molecule has 0 fully saturated rings. The number of fused-ring (bicyclic) bond motifs is 1. The van der Waals surface area contributed by atoms with Gasteiger partial charge in [-0.2, -0.15) is 10.2 Å². The highest BCUT2D eigenvalue weighted by Crippen LogP contribution is 2.35. The smallest absolute Gasteiger partial charge is 0.234 e. The second kappa shape index (κ2) is 5.22. The van der Waals surface area contributed by atoms with Gasteiger partial charge in [0.25, 0.3) is 0 Å². The van der Waals surface area contributed by atoms with Gasteiger partial charge in [-0.15, -0.1) is 0 Å². The van der Waals surface area contributed by atoms with Gasteiger partial charge in [0.15, 0.2) is 5.65 Å². The quantitative estimate of drug-likeness (QED) is 0.718. The van der Waals surface area contributed by atoms with Gasteiger partial charge in [0.05, 0.1) is 7.11 Å². The minimum absolute atomic E-state index is 0.306. The molecule has 1 aromatic carbocycles. The predicted molar refractivity (Wildman–Crippen MR) is 81.0 cm³/mol. The first-order valence-electron chi connectivity index (χ1n) is 6.54. The van der Waals surface area contributed by atoms with Crippen LogP contribution in [0.15, 0.2) is 42.6 Å². The second-order valence-electron chi connectivity index (χ2n) is 4.73. The van der Waals surface area contributed by atoms with E-state index in [1.807, 2.05) is 43.3 Å². The summed E-state index contributed by atoms with van der Waals surface area (Å²) in [6.07, 6.45) is 1.76. The lowest BCUT2D eigenvalue weighted by molar-refractivity contribution is 0.398. The molecule has 0 radical (unpaired) electrons. The molecule has 4 nitrogen and oxygen atoms in total. The summed E-state index contributed by atoms with van der Waals surface area (Å²) in [5.41, 5.74) is 3.80. The maximum absolute atomic E-state index is 9.53. The maximum Gasteiger partial charge on any atom is 0.234 e. The van der Waals surface area contributed by atoms with E-state index in [2.05, 4.69) is 16.0 Å². The van der Waals surface area contributed by atoms with Crippen molar-refractivity contribution in [2.75, 3.05) is 7.11 Å². The summed E-state index contributed by atoms with van der Waals surface area (Å²) in [6, 6.07) is 14.0. The highest BCUT2D eigenvalue weighted by molar-refractivity contribution is 5.97. The number of aryl methyl sites for hydroxylation is 1. The van der Waals surface area contributed by atoms with E-state index in [9.17, 15) is 5.26 Å². The van der Waals surface area contributed by atoms with E-state index in [0.717, 1.165) is 22.1 Å². The summed E-state index contributed by atoms with van der Waals surface area (Å²) in [4.78, 5) is 8.69. The van der Waals surface area contributed by atoms with Gasteiger partial charge in [0, 0.05) is 17.1 Å². The van der Waals surface area contributed by atoms with Crippen LogP contribution in [-0.4, -0.2) is 17.1 Å². The summed E-state index contributed by atoms with van der Waals surface area (Å²) in [5, 5.41) is 10.4. The van der Waals surface area contributed by atoms with Gasteiger partial charge in [-0.3, -0.25) is 0 Å². The number of hydrogen-bond acceptors (Lipinski definition) is 4. The molecule has 4 heteroatoms. The van der Waals surface area contributed by atoms with Crippen LogP contribution in [0.3, 0.4) is 0 Å². The topological polar surface area (TPSA) is 58.8 Å². The van der Waals surface area contributed by atoms with Crippen LogP contribution in [0, 0.1) is 18.3 Å². The van der Waals surface area contributed by atoms with Crippen LogP contribution in [0.4, 0.5) is 0 Å². The number of hydrogen-bond donors (Lipinski definition) is 0. The third-order valence-electron chi connectivity index (χ3n) is 3.31. The molecule has 0 bridgehead atoms. The van der Waals surface area contributed by atoms with Crippen molar-refractivity contribution < 1.29 is 4.74 Å². The molecule has 0 spiro atoms. The van der Waals surface area contributed by atoms with Crippen molar-refractivity contribution in [3.05, 3.63) is 53.7 Å². The average molecular weight is 275 g/mol. The second-order valence-corrected chi connectivity index (χ2v) is 4.73. The summed E-state index contributed by atoms with van der Waals surface area (Å²) < 4.78 is 5.26. The van der Waals surface area contributed by atoms with Crippen LogP contribution >= 0.6 is 0 Å². The first-order chi connectivity index (χ1) is 10.2. The molecule has 0 amide bonds. The monoisotopic (exact) mass is 275 g/mol. The molecule has 0 atom stereocenters. The zero-order chi connectivity index (χ0) is 14.8. The SMILES string of the molecule is COc1nc2ncc(C)cc2c(-c2ccccc2)c1C#N. The minimum atomic E-state index is 0.306. The Labute approximate surface area is 122 Å². The Morgan fingerprint density at radius 3 is 2.62 bits per heavy atom. The number of rotatable bonds is 2. The van der Waals surface area contributed by atoms with E-state index in [-0.39, 0.29) is 0 Å². The van der Waals surface area contributed by atoms with Crippen LogP contribution in [0.25, 0.3) is 22.2 Å². The fraction of sp³-hybridized carbons (Fsp3) is 0.118. The fourth-order valence-electron chi connectivity index (χ4n) is 2.38. The first kappa shape index (κ1) is 13.1. The van der Waals surface area contributed by atoms with Gasteiger partial charge in [-0.25, -0.2) is 4.98 Å². The molecule has 0 aliphatic heterocycles. The Hall–Kier alpha value is -2.93. The largest absolute Gasteiger partial charge is 0.480 e. The summed E-state index contributed by atoms with van der Waals surface area (Å²) in [6.45, 7) is 1.97. The average Bonchev–Trinajstić information content (AvgIpc) is 2.53. The molecular weight excluding hydrogens is 262 g/mol. The van der Waals surface area contributed by atoms with Crippen molar-refractivity contribution in [1.29, 1.82) is 5.26 Å². The molecule has 21 heavy (non-hydrogen) atoms. The van der Waals surface area contributed by atoms with Crippen LogP contribution < -0.4 is 4.74 Å². The number of nitriles is 1. The van der Waals surface area contributed by atoms with Gasteiger partial charge in [-0.1, -0.05) is 30.3 Å². The Balaban J connectivity index is 2.49. The number of ether oxygens (including phenoxy) is 1. The first-order valence-corrected chi connectivity index (χ1v) is 6.54. The molecule has 0 aliphatic rings. The number of aromatic nitrogens is 2. The van der Waals surface area contributed by atoms with Crippen molar-refractivity contribution in [2.45, 2.75) is 6.92 Å². The zero-order valence-electron chi connectivity index (χ0n) is 11.8. The summed E-state index contributed by atoms with van der Waals surface area (Å²) in [5.74, 6) is 0.306. The van der Waals surface area contributed by atoms with E-state index in [4.69, 9.17) is 4.74 Å². The van der Waals surface area contributed by atoms with Crippen molar-refractivity contribution in [3.8, 4) is 23.1 Å². The van der Waals surface area contributed by atoms with Crippen LogP contribution in [0.1, 0.15) is 11.1 Å². The normalized spacial score (nSPS) is 10.3. The Morgan fingerprint density at radius 1 is 1.19 bits per heavy atom. The molecular formula is C17H13N3O.